The highest BCUT2D eigenvalue weighted by Crippen LogP contribution is 2.31. The molecular weight excluding hydrogens is 344 g/mol. The summed E-state index contributed by atoms with van der Waals surface area (Å²) < 4.78 is 0. The number of halogens is 2. The van der Waals surface area contributed by atoms with Gasteiger partial charge in [0.25, 0.3) is 0 Å². The second kappa shape index (κ2) is 7.18. The van der Waals surface area contributed by atoms with E-state index in [1.807, 2.05) is 30.3 Å². The predicted molar refractivity (Wildman–Crippen MR) is 99.3 cm³/mol. The Morgan fingerprint density at radius 3 is 2.58 bits per heavy atom. The van der Waals surface area contributed by atoms with Crippen LogP contribution in [-0.4, -0.2) is 28.8 Å². The van der Waals surface area contributed by atoms with Gasteiger partial charge in [0.1, 0.15) is 0 Å². The van der Waals surface area contributed by atoms with E-state index in [0.29, 0.717) is 16.5 Å². The van der Waals surface area contributed by atoms with E-state index >= 15 is 0 Å². The first-order chi connectivity index (χ1) is 11.5. The largest absolute Gasteiger partial charge is 0.432 e. The van der Waals surface area contributed by atoms with Gasteiger partial charge in [0, 0.05) is 28.1 Å². The van der Waals surface area contributed by atoms with Gasteiger partial charge in [-0.3, -0.25) is 4.79 Å². The molecule has 0 spiro atoms. The number of hydrogen-bond acceptors (Lipinski definition) is 2. The molecule has 1 fully saturated rings. The van der Waals surface area contributed by atoms with Gasteiger partial charge in [-0.05, 0) is 49.0 Å². The zero-order chi connectivity index (χ0) is 17.3. The molecule has 24 heavy (non-hydrogen) atoms. The van der Waals surface area contributed by atoms with E-state index in [9.17, 15) is 9.82 Å². The summed E-state index contributed by atoms with van der Waals surface area (Å²) in [6, 6.07) is 13.6. The Morgan fingerprint density at radius 2 is 1.92 bits per heavy atom. The van der Waals surface area contributed by atoms with Crippen LogP contribution in [0.5, 0.6) is 0 Å². The minimum atomic E-state index is -0.741. The fourth-order valence-electron chi connectivity index (χ4n) is 3.29. The SMILES string of the molecule is CB(O)N1C(=O)CC[C@H]1Cc1ccc(-c2cc(Cl)ccc2Cl)cc1. The van der Waals surface area contributed by atoms with Crippen molar-refractivity contribution in [2.24, 2.45) is 0 Å². The van der Waals surface area contributed by atoms with Gasteiger partial charge in [0.2, 0.25) is 5.91 Å². The van der Waals surface area contributed by atoms with Gasteiger partial charge in [-0.2, -0.15) is 0 Å². The lowest BCUT2D eigenvalue weighted by atomic mass is 9.83. The molecule has 1 aliphatic rings. The molecule has 1 saturated heterocycles. The summed E-state index contributed by atoms with van der Waals surface area (Å²) in [6.45, 7) is 1.64. The molecule has 1 amide bonds. The third kappa shape index (κ3) is 3.61. The summed E-state index contributed by atoms with van der Waals surface area (Å²) in [5.74, 6) is 0.0253. The molecule has 1 atom stereocenters. The van der Waals surface area contributed by atoms with E-state index in [0.717, 1.165) is 29.5 Å². The number of hydrogen-bond donors (Lipinski definition) is 1. The van der Waals surface area contributed by atoms with E-state index in [-0.39, 0.29) is 11.9 Å². The average molecular weight is 362 g/mol. The lowest BCUT2D eigenvalue weighted by Crippen LogP contribution is -2.44. The van der Waals surface area contributed by atoms with Crippen LogP contribution in [0.1, 0.15) is 18.4 Å². The topological polar surface area (TPSA) is 40.5 Å². The lowest BCUT2D eigenvalue weighted by molar-refractivity contribution is -0.125. The third-order valence-corrected chi connectivity index (χ3v) is 5.00. The monoisotopic (exact) mass is 361 g/mol. The molecule has 0 saturated carbocycles. The standard InChI is InChI=1S/C18H18BCl2NO2/c1-19(24)22-15(7-9-18(22)23)10-12-2-4-13(5-3-12)16-11-14(20)6-8-17(16)21/h2-6,8,11,15,24H,7,9-10H2,1H3/t15-/m0/s1. The molecule has 6 heteroatoms. The maximum atomic E-state index is 11.9. The molecule has 2 aromatic carbocycles. The first kappa shape index (κ1) is 17.3. The summed E-state index contributed by atoms with van der Waals surface area (Å²) in [5, 5.41) is 11.1. The van der Waals surface area contributed by atoms with Gasteiger partial charge in [-0.25, -0.2) is 0 Å². The molecule has 0 radical (unpaired) electrons. The molecule has 0 aliphatic carbocycles. The first-order valence-corrected chi connectivity index (χ1v) is 8.75. The molecule has 0 aromatic heterocycles. The van der Waals surface area contributed by atoms with Crippen LogP contribution in [0.25, 0.3) is 11.1 Å². The molecule has 124 valence electrons. The van der Waals surface area contributed by atoms with Crippen molar-refractivity contribution in [3.8, 4) is 11.1 Å². The summed E-state index contributed by atoms with van der Waals surface area (Å²) in [4.78, 5) is 13.4. The zero-order valence-electron chi connectivity index (χ0n) is 13.4. The molecule has 3 rings (SSSR count). The van der Waals surface area contributed by atoms with Crippen molar-refractivity contribution >= 4 is 36.2 Å². The molecule has 2 aromatic rings. The van der Waals surface area contributed by atoms with E-state index in [2.05, 4.69) is 0 Å². The van der Waals surface area contributed by atoms with Crippen molar-refractivity contribution in [3.05, 3.63) is 58.1 Å². The fourth-order valence-corrected chi connectivity index (χ4v) is 3.69. The molecule has 1 heterocycles. The van der Waals surface area contributed by atoms with Crippen molar-refractivity contribution in [2.45, 2.75) is 32.1 Å². The van der Waals surface area contributed by atoms with Crippen LogP contribution >= 0.6 is 23.2 Å². The Kier molecular flexibility index (Phi) is 5.19. The Hall–Kier alpha value is -1.49. The van der Waals surface area contributed by atoms with Crippen LogP contribution in [0.15, 0.2) is 42.5 Å². The molecule has 0 bridgehead atoms. The van der Waals surface area contributed by atoms with E-state index in [4.69, 9.17) is 23.2 Å². The normalized spacial score (nSPS) is 17.4. The van der Waals surface area contributed by atoms with Crippen LogP contribution in [0.3, 0.4) is 0 Å². The predicted octanol–water partition coefficient (Wildman–Crippen LogP) is 4.30. The van der Waals surface area contributed by atoms with E-state index in [1.165, 1.54) is 0 Å². The van der Waals surface area contributed by atoms with Gasteiger partial charge in [0.05, 0.1) is 0 Å². The maximum absolute atomic E-state index is 11.9. The molecule has 1 aliphatic heterocycles. The van der Waals surface area contributed by atoms with Crippen molar-refractivity contribution < 1.29 is 9.82 Å². The molecule has 0 unspecified atom stereocenters. The summed E-state index contributed by atoms with van der Waals surface area (Å²) in [5.41, 5.74) is 3.03. The van der Waals surface area contributed by atoms with Crippen molar-refractivity contribution in [1.82, 2.24) is 4.81 Å². The van der Waals surface area contributed by atoms with Gasteiger partial charge in [-0.15, -0.1) is 0 Å². The van der Waals surface area contributed by atoms with Crippen LogP contribution in [-0.2, 0) is 11.2 Å². The van der Waals surface area contributed by atoms with Crippen LogP contribution in [0.2, 0.25) is 16.9 Å². The molecule has 1 N–H and O–H groups in total. The van der Waals surface area contributed by atoms with Gasteiger partial charge < -0.3 is 9.83 Å². The Morgan fingerprint density at radius 1 is 1.21 bits per heavy atom. The maximum Gasteiger partial charge on any atom is 0.411 e. The second-order valence-electron chi connectivity index (χ2n) is 6.15. The van der Waals surface area contributed by atoms with Crippen molar-refractivity contribution in [1.29, 1.82) is 0 Å². The quantitative estimate of drug-likeness (QED) is 0.824. The number of amides is 1. The zero-order valence-corrected chi connectivity index (χ0v) is 14.9. The summed E-state index contributed by atoms with van der Waals surface area (Å²) in [7, 11) is -0.741. The van der Waals surface area contributed by atoms with Crippen LogP contribution < -0.4 is 0 Å². The third-order valence-electron chi connectivity index (χ3n) is 4.44. The van der Waals surface area contributed by atoms with E-state index < -0.39 is 7.05 Å². The molecule has 3 nitrogen and oxygen atoms in total. The summed E-state index contributed by atoms with van der Waals surface area (Å²) in [6.07, 6.45) is 2.03. The minimum absolute atomic E-state index is 0.0253. The lowest BCUT2D eigenvalue weighted by Gasteiger charge is -2.25. The number of rotatable bonds is 4. The smallest absolute Gasteiger partial charge is 0.411 e. The van der Waals surface area contributed by atoms with Crippen LogP contribution in [0, 0.1) is 0 Å². The van der Waals surface area contributed by atoms with Gasteiger partial charge in [-0.1, -0.05) is 47.5 Å². The van der Waals surface area contributed by atoms with Crippen molar-refractivity contribution in [2.75, 3.05) is 0 Å². The molecular formula is C18H18BCl2NO2. The van der Waals surface area contributed by atoms with E-state index in [1.54, 1.807) is 23.8 Å². The Bertz CT molecular complexity index is 749. The number of benzene rings is 2. The fraction of sp³-hybridized carbons (Fsp3) is 0.278. The Balaban J connectivity index is 1.78. The summed E-state index contributed by atoms with van der Waals surface area (Å²) >= 11 is 12.3. The highest BCUT2D eigenvalue weighted by atomic mass is 35.5. The average Bonchev–Trinajstić information content (AvgIpc) is 2.91. The second-order valence-corrected chi connectivity index (χ2v) is 6.99. The van der Waals surface area contributed by atoms with Crippen molar-refractivity contribution in [3.63, 3.8) is 0 Å². The highest BCUT2D eigenvalue weighted by molar-refractivity contribution is 6.49. The van der Waals surface area contributed by atoms with Gasteiger partial charge >= 0.3 is 7.05 Å². The highest BCUT2D eigenvalue weighted by Gasteiger charge is 2.35. The number of carbonyl (C=O) groups excluding carboxylic acids is 1. The first-order valence-electron chi connectivity index (χ1n) is 7.99. The van der Waals surface area contributed by atoms with Crippen LogP contribution in [0.4, 0.5) is 0 Å². The Labute approximate surface area is 152 Å². The number of carbonyl (C=O) groups is 1. The van der Waals surface area contributed by atoms with Gasteiger partial charge in [0.15, 0.2) is 0 Å². The number of nitrogens with zero attached hydrogens (tertiary/aromatic N) is 1. The minimum Gasteiger partial charge on any atom is -0.432 e.